The Kier molecular flexibility index (Phi) is 12.8. The van der Waals surface area contributed by atoms with Crippen LogP contribution in [-0.2, 0) is 6.54 Å². The third kappa shape index (κ3) is 11.0. The molecule has 0 unspecified atom stereocenters. The number of aryl methyl sites for hydroxylation is 1. The van der Waals surface area contributed by atoms with Crippen LogP contribution >= 0.6 is 0 Å². The van der Waals surface area contributed by atoms with Crippen LogP contribution < -0.4 is 10.6 Å². The van der Waals surface area contributed by atoms with Crippen LogP contribution in [-0.4, -0.2) is 40.9 Å². The van der Waals surface area contributed by atoms with E-state index >= 15 is 0 Å². The van der Waals surface area contributed by atoms with Gasteiger partial charge in [0.1, 0.15) is 12.7 Å². The molecule has 2 N–H and O–H groups in total. The molecule has 24 heavy (non-hydrogen) atoms. The number of hydrogen-bond acceptors (Lipinski definition) is 3. The minimum atomic E-state index is 0.919. The van der Waals surface area contributed by atoms with Crippen molar-refractivity contribution in [3.05, 3.63) is 12.7 Å². The van der Waals surface area contributed by atoms with Gasteiger partial charge in [0.05, 0.1) is 0 Å². The van der Waals surface area contributed by atoms with Crippen LogP contribution in [0.4, 0.5) is 0 Å². The zero-order chi connectivity index (χ0) is 17.3. The Morgan fingerprint density at radius 2 is 1.38 bits per heavy atom. The standard InChI is InChI=1S/C18H36N6/c1-3-4-5-6-7-8-9-10-13-20-18(19-2)21-14-11-12-15-24-16-22-23-17-24/h16-17H,3-15H2,1-2H3,(H2,19,20,21). The lowest BCUT2D eigenvalue weighted by molar-refractivity contribution is 0.569. The van der Waals surface area contributed by atoms with Crippen LogP contribution in [0.25, 0.3) is 0 Å². The molecule has 0 aliphatic heterocycles. The first-order valence-corrected chi connectivity index (χ1v) is 9.63. The van der Waals surface area contributed by atoms with E-state index in [1.165, 1.54) is 51.4 Å². The summed E-state index contributed by atoms with van der Waals surface area (Å²) in [4.78, 5) is 4.27. The first-order chi connectivity index (χ1) is 11.9. The van der Waals surface area contributed by atoms with Crippen molar-refractivity contribution in [2.24, 2.45) is 4.99 Å². The van der Waals surface area contributed by atoms with Crippen molar-refractivity contribution in [3.63, 3.8) is 0 Å². The SMILES string of the molecule is CCCCCCCCCCNC(=NC)NCCCCn1cnnc1. The van der Waals surface area contributed by atoms with Gasteiger partial charge >= 0.3 is 0 Å². The second-order valence-electron chi connectivity index (χ2n) is 6.31. The molecule has 0 spiro atoms. The molecule has 0 aromatic carbocycles. The number of aliphatic imine (C=N–C) groups is 1. The molecular weight excluding hydrogens is 300 g/mol. The average molecular weight is 337 g/mol. The molecule has 0 aliphatic rings. The second kappa shape index (κ2) is 15.0. The minimum Gasteiger partial charge on any atom is -0.356 e. The molecule has 1 heterocycles. The van der Waals surface area contributed by atoms with E-state index in [0.29, 0.717) is 0 Å². The Labute approximate surface area is 147 Å². The highest BCUT2D eigenvalue weighted by Crippen LogP contribution is 2.07. The molecule has 1 rings (SSSR count). The van der Waals surface area contributed by atoms with Gasteiger partial charge in [-0.3, -0.25) is 4.99 Å². The van der Waals surface area contributed by atoms with Crippen LogP contribution in [0.15, 0.2) is 17.6 Å². The predicted molar refractivity (Wildman–Crippen MR) is 101 cm³/mol. The number of aromatic nitrogens is 3. The van der Waals surface area contributed by atoms with E-state index in [0.717, 1.165) is 38.4 Å². The fourth-order valence-electron chi connectivity index (χ4n) is 2.65. The molecule has 0 amide bonds. The molecule has 6 nitrogen and oxygen atoms in total. The molecule has 6 heteroatoms. The summed E-state index contributed by atoms with van der Waals surface area (Å²) >= 11 is 0. The topological polar surface area (TPSA) is 67.1 Å². The van der Waals surface area contributed by atoms with Gasteiger partial charge in [-0.05, 0) is 19.3 Å². The summed E-state index contributed by atoms with van der Waals surface area (Å²) in [5.74, 6) is 0.919. The molecule has 138 valence electrons. The lowest BCUT2D eigenvalue weighted by Crippen LogP contribution is -2.38. The molecule has 1 aromatic rings. The summed E-state index contributed by atoms with van der Waals surface area (Å²) in [5, 5.41) is 14.4. The Morgan fingerprint density at radius 1 is 0.833 bits per heavy atom. The van der Waals surface area contributed by atoms with Crippen molar-refractivity contribution >= 4 is 5.96 Å². The molecule has 0 aliphatic carbocycles. The van der Waals surface area contributed by atoms with Gasteiger partial charge in [0, 0.05) is 26.7 Å². The second-order valence-corrected chi connectivity index (χ2v) is 6.31. The van der Waals surface area contributed by atoms with Crippen molar-refractivity contribution in [1.82, 2.24) is 25.4 Å². The summed E-state index contributed by atoms with van der Waals surface area (Å²) in [6, 6.07) is 0. The number of nitrogens with zero attached hydrogens (tertiary/aromatic N) is 4. The summed E-state index contributed by atoms with van der Waals surface area (Å²) in [7, 11) is 1.83. The maximum Gasteiger partial charge on any atom is 0.190 e. The first-order valence-electron chi connectivity index (χ1n) is 9.63. The lowest BCUT2D eigenvalue weighted by Gasteiger charge is -2.11. The molecule has 0 bridgehead atoms. The highest BCUT2D eigenvalue weighted by Gasteiger charge is 1.97. The van der Waals surface area contributed by atoms with Gasteiger partial charge in [-0.1, -0.05) is 51.9 Å². The highest BCUT2D eigenvalue weighted by molar-refractivity contribution is 5.79. The molecule has 0 saturated heterocycles. The monoisotopic (exact) mass is 336 g/mol. The number of hydrogen-bond donors (Lipinski definition) is 2. The first kappa shape index (κ1) is 20.5. The third-order valence-electron chi connectivity index (χ3n) is 4.15. The van der Waals surface area contributed by atoms with Crippen LogP contribution in [0.1, 0.15) is 71.1 Å². The molecule has 0 saturated carbocycles. The van der Waals surface area contributed by atoms with E-state index in [1.54, 1.807) is 12.7 Å². The number of nitrogens with one attached hydrogen (secondary N) is 2. The van der Waals surface area contributed by atoms with E-state index in [1.807, 2.05) is 11.6 Å². The maximum atomic E-state index is 4.27. The molecule has 0 radical (unpaired) electrons. The Bertz CT molecular complexity index is 402. The number of rotatable bonds is 14. The maximum absolute atomic E-state index is 4.27. The molecule has 1 aromatic heterocycles. The van der Waals surface area contributed by atoms with Gasteiger partial charge in [-0.15, -0.1) is 10.2 Å². The van der Waals surface area contributed by atoms with Gasteiger partial charge in [-0.25, -0.2) is 0 Å². The Balaban J connectivity index is 1.89. The Morgan fingerprint density at radius 3 is 1.96 bits per heavy atom. The fraction of sp³-hybridized carbons (Fsp3) is 0.833. The van der Waals surface area contributed by atoms with Crippen LogP contribution in [0.3, 0.4) is 0 Å². The van der Waals surface area contributed by atoms with E-state index in [-0.39, 0.29) is 0 Å². The fourth-order valence-corrected chi connectivity index (χ4v) is 2.65. The number of guanidine groups is 1. The summed E-state index contributed by atoms with van der Waals surface area (Å²) in [6.07, 6.45) is 16.6. The zero-order valence-corrected chi connectivity index (χ0v) is 15.6. The van der Waals surface area contributed by atoms with Gasteiger partial charge in [-0.2, -0.15) is 0 Å². The summed E-state index contributed by atoms with van der Waals surface area (Å²) in [6.45, 7) is 5.19. The smallest absolute Gasteiger partial charge is 0.190 e. The quantitative estimate of drug-likeness (QED) is 0.310. The number of unbranched alkanes of at least 4 members (excludes halogenated alkanes) is 8. The van der Waals surface area contributed by atoms with Crippen molar-refractivity contribution in [1.29, 1.82) is 0 Å². The van der Waals surface area contributed by atoms with E-state index in [9.17, 15) is 0 Å². The van der Waals surface area contributed by atoms with Crippen molar-refractivity contribution in [2.45, 2.75) is 77.7 Å². The summed E-state index contributed by atoms with van der Waals surface area (Å²) in [5.41, 5.74) is 0. The lowest BCUT2D eigenvalue weighted by atomic mass is 10.1. The predicted octanol–water partition coefficient (Wildman–Crippen LogP) is 3.36. The van der Waals surface area contributed by atoms with E-state index in [2.05, 4.69) is 32.7 Å². The van der Waals surface area contributed by atoms with Crippen LogP contribution in [0.2, 0.25) is 0 Å². The van der Waals surface area contributed by atoms with Gasteiger partial charge < -0.3 is 15.2 Å². The average Bonchev–Trinajstić information content (AvgIpc) is 3.11. The minimum absolute atomic E-state index is 0.919. The van der Waals surface area contributed by atoms with Gasteiger partial charge in [0.15, 0.2) is 5.96 Å². The van der Waals surface area contributed by atoms with Crippen LogP contribution in [0.5, 0.6) is 0 Å². The molecule has 0 atom stereocenters. The zero-order valence-electron chi connectivity index (χ0n) is 15.6. The van der Waals surface area contributed by atoms with Gasteiger partial charge in [0.25, 0.3) is 0 Å². The third-order valence-corrected chi connectivity index (χ3v) is 4.15. The summed E-state index contributed by atoms with van der Waals surface area (Å²) < 4.78 is 2.01. The Hall–Kier alpha value is -1.59. The molecular formula is C18H36N6. The largest absolute Gasteiger partial charge is 0.356 e. The highest BCUT2D eigenvalue weighted by atomic mass is 15.2. The van der Waals surface area contributed by atoms with Crippen molar-refractivity contribution < 1.29 is 0 Å². The van der Waals surface area contributed by atoms with E-state index in [4.69, 9.17) is 0 Å². The molecule has 0 fully saturated rings. The van der Waals surface area contributed by atoms with Crippen molar-refractivity contribution in [3.8, 4) is 0 Å². The normalized spacial score (nSPS) is 11.7. The van der Waals surface area contributed by atoms with Crippen LogP contribution in [0, 0.1) is 0 Å². The van der Waals surface area contributed by atoms with E-state index < -0.39 is 0 Å². The van der Waals surface area contributed by atoms with Gasteiger partial charge in [0.2, 0.25) is 0 Å². The van der Waals surface area contributed by atoms with Crippen molar-refractivity contribution in [2.75, 3.05) is 20.1 Å².